The van der Waals surface area contributed by atoms with E-state index in [1.165, 1.54) is 11.8 Å². The SMILES string of the molecule is Cc1cc(S(=O)(=O)N2CCSCC2S(C)(=O)=O)sc1Br. The van der Waals surface area contributed by atoms with Gasteiger partial charge in [0, 0.05) is 24.3 Å². The summed E-state index contributed by atoms with van der Waals surface area (Å²) >= 11 is 5.88. The Morgan fingerprint density at radius 3 is 2.50 bits per heavy atom. The van der Waals surface area contributed by atoms with E-state index in [2.05, 4.69) is 15.9 Å². The summed E-state index contributed by atoms with van der Waals surface area (Å²) in [6.07, 6.45) is 1.08. The summed E-state index contributed by atoms with van der Waals surface area (Å²) in [7, 11) is -7.22. The van der Waals surface area contributed by atoms with E-state index < -0.39 is 25.2 Å². The number of hydrogen-bond acceptors (Lipinski definition) is 6. The van der Waals surface area contributed by atoms with Crippen molar-refractivity contribution in [2.24, 2.45) is 0 Å². The predicted molar refractivity (Wildman–Crippen MR) is 86.6 cm³/mol. The summed E-state index contributed by atoms with van der Waals surface area (Å²) < 4.78 is 51.0. The molecule has 0 N–H and O–H groups in total. The van der Waals surface area contributed by atoms with Crippen LogP contribution in [0.15, 0.2) is 14.1 Å². The molecule has 10 heteroatoms. The van der Waals surface area contributed by atoms with Crippen molar-refractivity contribution in [2.45, 2.75) is 16.5 Å². The molecule has 0 bridgehead atoms. The number of hydrogen-bond donors (Lipinski definition) is 0. The van der Waals surface area contributed by atoms with Crippen LogP contribution in [0.25, 0.3) is 0 Å². The Morgan fingerprint density at radius 2 is 2.00 bits per heavy atom. The molecule has 1 atom stereocenters. The van der Waals surface area contributed by atoms with Crippen LogP contribution < -0.4 is 0 Å². The monoisotopic (exact) mass is 419 g/mol. The molecule has 2 heterocycles. The highest BCUT2D eigenvalue weighted by Gasteiger charge is 2.40. The Hall–Kier alpha value is 0.390. The maximum absolute atomic E-state index is 12.7. The van der Waals surface area contributed by atoms with Gasteiger partial charge < -0.3 is 0 Å². The minimum absolute atomic E-state index is 0.183. The van der Waals surface area contributed by atoms with Crippen molar-refractivity contribution >= 4 is 58.9 Å². The molecule has 1 unspecified atom stereocenters. The molecule has 114 valence electrons. The minimum Gasteiger partial charge on any atom is -0.227 e. The van der Waals surface area contributed by atoms with Crippen LogP contribution in [0.3, 0.4) is 0 Å². The Kier molecular flexibility index (Phi) is 4.93. The number of thiophene rings is 1. The summed E-state index contributed by atoms with van der Waals surface area (Å²) in [4.78, 5) is 0. The van der Waals surface area contributed by atoms with Crippen LogP contribution in [0.2, 0.25) is 0 Å². The van der Waals surface area contributed by atoms with Gasteiger partial charge in [0.15, 0.2) is 9.84 Å². The fourth-order valence-corrected chi connectivity index (χ4v) is 9.38. The fraction of sp³-hybridized carbons (Fsp3) is 0.600. The third-order valence-corrected chi connectivity index (χ3v) is 10.2. The molecule has 0 saturated carbocycles. The Bertz CT molecular complexity index is 690. The lowest BCUT2D eigenvalue weighted by molar-refractivity contribution is 0.406. The first-order valence-electron chi connectivity index (χ1n) is 5.68. The van der Waals surface area contributed by atoms with Gasteiger partial charge in [-0.1, -0.05) is 0 Å². The topological polar surface area (TPSA) is 71.5 Å². The molecule has 0 radical (unpaired) electrons. The molecule has 2 rings (SSSR count). The zero-order valence-corrected chi connectivity index (χ0v) is 15.7. The van der Waals surface area contributed by atoms with Crippen LogP contribution in [0, 0.1) is 6.92 Å². The van der Waals surface area contributed by atoms with Gasteiger partial charge in [-0.05, 0) is 34.5 Å². The molecular formula is C10H14BrNO4S4. The van der Waals surface area contributed by atoms with Gasteiger partial charge in [0.1, 0.15) is 9.58 Å². The van der Waals surface area contributed by atoms with E-state index in [1.54, 1.807) is 13.0 Å². The third-order valence-electron chi connectivity index (χ3n) is 2.93. The fourth-order valence-electron chi connectivity index (χ4n) is 1.85. The van der Waals surface area contributed by atoms with Crippen molar-refractivity contribution in [1.29, 1.82) is 0 Å². The first kappa shape index (κ1) is 16.8. The van der Waals surface area contributed by atoms with E-state index >= 15 is 0 Å². The molecule has 20 heavy (non-hydrogen) atoms. The van der Waals surface area contributed by atoms with Crippen LogP contribution in [-0.2, 0) is 19.9 Å². The highest BCUT2D eigenvalue weighted by Crippen LogP contribution is 2.35. The van der Waals surface area contributed by atoms with E-state index in [0.29, 0.717) is 5.75 Å². The second-order valence-corrected chi connectivity index (χ2v) is 12.3. The number of thioether (sulfide) groups is 1. The quantitative estimate of drug-likeness (QED) is 0.747. The molecule has 1 aromatic rings. The van der Waals surface area contributed by atoms with E-state index in [0.717, 1.165) is 31.2 Å². The molecule has 1 fully saturated rings. The van der Waals surface area contributed by atoms with Crippen molar-refractivity contribution in [3.8, 4) is 0 Å². The second-order valence-electron chi connectivity index (χ2n) is 4.50. The number of halogens is 1. The van der Waals surface area contributed by atoms with Gasteiger partial charge in [0.2, 0.25) is 0 Å². The summed E-state index contributed by atoms with van der Waals surface area (Å²) in [5, 5.41) is -0.979. The van der Waals surface area contributed by atoms with Crippen molar-refractivity contribution in [2.75, 3.05) is 24.3 Å². The van der Waals surface area contributed by atoms with Crippen molar-refractivity contribution < 1.29 is 16.8 Å². The van der Waals surface area contributed by atoms with Crippen LogP contribution in [0.1, 0.15) is 5.56 Å². The largest absolute Gasteiger partial charge is 0.253 e. The number of nitrogens with zero attached hydrogens (tertiary/aromatic N) is 1. The molecule has 1 saturated heterocycles. The Morgan fingerprint density at radius 1 is 1.35 bits per heavy atom. The van der Waals surface area contributed by atoms with Gasteiger partial charge in [-0.3, -0.25) is 0 Å². The lowest BCUT2D eigenvalue weighted by Gasteiger charge is -2.32. The van der Waals surface area contributed by atoms with E-state index in [4.69, 9.17) is 0 Å². The van der Waals surface area contributed by atoms with Crippen LogP contribution >= 0.6 is 39.0 Å². The number of rotatable bonds is 3. The number of sulfonamides is 1. The van der Waals surface area contributed by atoms with Gasteiger partial charge in [0.25, 0.3) is 10.0 Å². The average Bonchev–Trinajstić information content (AvgIpc) is 2.69. The highest BCUT2D eigenvalue weighted by atomic mass is 79.9. The maximum Gasteiger partial charge on any atom is 0.253 e. The van der Waals surface area contributed by atoms with Crippen molar-refractivity contribution in [3.63, 3.8) is 0 Å². The normalized spacial score (nSPS) is 22.1. The standard InChI is InChI=1S/C10H14BrNO4S4/c1-7-5-9(18-10(7)11)20(15,16)12-3-4-17-6-8(12)19(2,13)14/h5,8H,3-4,6H2,1-2H3. The zero-order chi connectivity index (χ0) is 15.1. The first-order chi connectivity index (χ1) is 9.14. The van der Waals surface area contributed by atoms with E-state index in [9.17, 15) is 16.8 Å². The second kappa shape index (κ2) is 5.88. The van der Waals surface area contributed by atoms with E-state index in [-0.39, 0.29) is 16.5 Å². The molecule has 5 nitrogen and oxygen atoms in total. The smallest absolute Gasteiger partial charge is 0.227 e. The first-order valence-corrected chi connectivity index (χ1v) is 11.8. The minimum atomic E-state index is -3.77. The number of aryl methyl sites for hydroxylation is 1. The van der Waals surface area contributed by atoms with E-state index in [1.807, 2.05) is 0 Å². The summed E-state index contributed by atoms with van der Waals surface area (Å²) in [5.74, 6) is 0.889. The molecule has 1 aliphatic rings. The predicted octanol–water partition coefficient (Wildman–Crippen LogP) is 1.93. The number of sulfone groups is 1. The van der Waals surface area contributed by atoms with Gasteiger partial charge in [-0.25, -0.2) is 16.8 Å². The van der Waals surface area contributed by atoms with Gasteiger partial charge >= 0.3 is 0 Å². The Balaban J connectivity index is 2.46. The van der Waals surface area contributed by atoms with Crippen LogP contribution in [0.5, 0.6) is 0 Å². The summed E-state index contributed by atoms with van der Waals surface area (Å²) in [5.41, 5.74) is 0.830. The van der Waals surface area contributed by atoms with Crippen LogP contribution in [-0.4, -0.2) is 50.8 Å². The summed E-state index contributed by atoms with van der Waals surface area (Å²) in [6, 6.07) is 1.57. The van der Waals surface area contributed by atoms with Crippen molar-refractivity contribution in [1.82, 2.24) is 4.31 Å². The molecule has 0 spiro atoms. The van der Waals surface area contributed by atoms with Crippen molar-refractivity contribution in [3.05, 3.63) is 15.4 Å². The highest BCUT2D eigenvalue weighted by molar-refractivity contribution is 9.11. The molecule has 0 aromatic carbocycles. The summed E-state index contributed by atoms with van der Waals surface area (Å²) in [6.45, 7) is 2.03. The maximum atomic E-state index is 12.7. The molecule has 0 amide bonds. The van der Waals surface area contributed by atoms with Gasteiger partial charge in [0.05, 0.1) is 3.79 Å². The third kappa shape index (κ3) is 3.25. The molecular weight excluding hydrogens is 406 g/mol. The average molecular weight is 420 g/mol. The molecule has 1 aliphatic heterocycles. The van der Waals surface area contributed by atoms with Crippen LogP contribution in [0.4, 0.5) is 0 Å². The van der Waals surface area contributed by atoms with Gasteiger partial charge in [-0.2, -0.15) is 16.1 Å². The Labute approximate surface area is 135 Å². The molecule has 0 aliphatic carbocycles. The zero-order valence-electron chi connectivity index (χ0n) is 10.9. The molecule has 1 aromatic heterocycles. The van der Waals surface area contributed by atoms with Gasteiger partial charge in [-0.15, -0.1) is 11.3 Å². The lowest BCUT2D eigenvalue weighted by Crippen LogP contribution is -2.49. The lowest BCUT2D eigenvalue weighted by atomic mass is 10.4.